The molecule has 0 aliphatic carbocycles. The molecular formula is C30H41N3O4. The second-order valence-corrected chi connectivity index (χ2v) is 10.4. The number of carboxylic acid groups (broad SMARTS) is 2. The van der Waals surface area contributed by atoms with Crippen LogP contribution in [0.25, 0.3) is 0 Å². The first-order valence-corrected chi connectivity index (χ1v) is 13.4. The van der Waals surface area contributed by atoms with Crippen molar-refractivity contribution in [3.8, 4) is 0 Å². The van der Waals surface area contributed by atoms with E-state index in [1.165, 1.54) is 59.5 Å². The lowest BCUT2D eigenvalue weighted by Crippen LogP contribution is -2.35. The summed E-state index contributed by atoms with van der Waals surface area (Å²) in [6.07, 6.45) is 9.09. The number of unbranched alkanes of at least 4 members (excludes halogenated alkanes) is 2. The van der Waals surface area contributed by atoms with Crippen molar-refractivity contribution in [2.75, 3.05) is 18.1 Å². The highest BCUT2D eigenvalue weighted by atomic mass is 16.4. The Hall–Kier alpha value is -3.19. The quantitative estimate of drug-likeness (QED) is 0.346. The third-order valence-electron chi connectivity index (χ3n) is 7.73. The summed E-state index contributed by atoms with van der Waals surface area (Å²) in [4.78, 5) is 19.5. The number of para-hydroxylation sites is 2. The van der Waals surface area contributed by atoms with E-state index in [9.17, 15) is 4.79 Å². The molecule has 0 bridgehead atoms. The van der Waals surface area contributed by atoms with Crippen molar-refractivity contribution in [3.63, 3.8) is 0 Å². The summed E-state index contributed by atoms with van der Waals surface area (Å²) in [5.41, 5.74) is 8.63. The van der Waals surface area contributed by atoms with E-state index in [1.807, 2.05) is 11.1 Å². The van der Waals surface area contributed by atoms with Crippen LogP contribution in [0.15, 0.2) is 42.5 Å². The predicted octanol–water partition coefficient (Wildman–Crippen LogP) is 4.11. The van der Waals surface area contributed by atoms with Crippen LogP contribution in [0.2, 0.25) is 0 Å². The Bertz CT molecular complexity index is 1140. The normalized spacial score (nSPS) is 19.1. The van der Waals surface area contributed by atoms with Crippen LogP contribution in [0.5, 0.6) is 0 Å². The maximum absolute atomic E-state index is 10.6. The Morgan fingerprint density at radius 1 is 1.05 bits per heavy atom. The number of rotatable bonds is 6. The van der Waals surface area contributed by atoms with E-state index in [1.54, 1.807) is 0 Å². The number of hydrogen-bond donors (Lipinski definition) is 2. The summed E-state index contributed by atoms with van der Waals surface area (Å²) in [5.74, 6) is 4.02. The molecule has 0 saturated carbocycles. The number of nitrogens with two attached hydrogens (primary N) is 1. The van der Waals surface area contributed by atoms with Crippen LogP contribution in [0.4, 0.5) is 11.4 Å². The van der Waals surface area contributed by atoms with Crippen molar-refractivity contribution < 1.29 is 24.4 Å². The largest absolute Gasteiger partial charge is 0.550 e. The fourth-order valence-electron chi connectivity index (χ4n) is 5.73. The number of fused-ring (bicyclic) bond motifs is 1. The summed E-state index contributed by atoms with van der Waals surface area (Å²) < 4.78 is 2.53. The van der Waals surface area contributed by atoms with Crippen molar-refractivity contribution in [2.45, 2.75) is 84.0 Å². The van der Waals surface area contributed by atoms with Gasteiger partial charge in [0.1, 0.15) is 6.54 Å². The zero-order valence-electron chi connectivity index (χ0n) is 22.5. The number of hydrogen-bond acceptors (Lipinski definition) is 5. The summed E-state index contributed by atoms with van der Waals surface area (Å²) in [6.45, 7) is 7.75. The lowest BCUT2D eigenvalue weighted by molar-refractivity contribution is -0.444. The van der Waals surface area contributed by atoms with Gasteiger partial charge in [0.05, 0.1) is 11.1 Å². The Morgan fingerprint density at radius 2 is 1.73 bits per heavy atom. The van der Waals surface area contributed by atoms with E-state index in [2.05, 4.69) is 54.8 Å². The molecule has 7 nitrogen and oxygen atoms in total. The van der Waals surface area contributed by atoms with Crippen molar-refractivity contribution in [3.05, 3.63) is 59.2 Å². The van der Waals surface area contributed by atoms with Gasteiger partial charge in [-0.25, -0.2) is 5.84 Å². The number of benzene rings is 2. The molecule has 37 heavy (non-hydrogen) atoms. The van der Waals surface area contributed by atoms with Crippen LogP contribution in [-0.4, -0.2) is 40.4 Å². The molecule has 1 unspecified atom stereocenters. The third-order valence-corrected chi connectivity index (χ3v) is 7.73. The number of carbonyl (C=O) groups excluding carboxylic acids is 1. The highest BCUT2D eigenvalue weighted by Gasteiger charge is 2.47. The second-order valence-electron chi connectivity index (χ2n) is 10.4. The number of aryl methyl sites for hydroxylation is 2. The maximum atomic E-state index is 10.6. The number of carboxylic acids is 2. The average Bonchev–Trinajstić information content (AvgIpc) is 3.08. The van der Waals surface area contributed by atoms with E-state index < -0.39 is 11.9 Å². The highest BCUT2D eigenvalue weighted by Crippen LogP contribution is 2.46. The molecule has 3 aliphatic rings. The van der Waals surface area contributed by atoms with E-state index in [4.69, 9.17) is 20.9 Å². The topological polar surface area (TPSA) is 110 Å². The maximum Gasteiger partial charge on any atom is 0.303 e. The van der Waals surface area contributed by atoms with E-state index in [-0.39, 0.29) is 5.41 Å². The zero-order valence-corrected chi connectivity index (χ0v) is 22.5. The Labute approximate surface area is 220 Å². The SMILES string of the molecule is CC(=O)[O-].CC1=[N+]2CCCc3cccc(c32)C1(C)CCCCCC(=O)O.NN1CCCc2ccccc21. The van der Waals surface area contributed by atoms with Crippen LogP contribution in [0.3, 0.4) is 0 Å². The van der Waals surface area contributed by atoms with Gasteiger partial charge in [-0.05, 0) is 57.6 Å². The average molecular weight is 508 g/mol. The Kier molecular flexibility index (Phi) is 9.86. The van der Waals surface area contributed by atoms with Gasteiger partial charge in [0.25, 0.3) is 0 Å². The molecule has 1 atom stereocenters. The van der Waals surface area contributed by atoms with Gasteiger partial charge in [-0.15, -0.1) is 0 Å². The number of anilines is 1. The molecule has 200 valence electrons. The van der Waals surface area contributed by atoms with Crippen molar-refractivity contribution in [1.29, 1.82) is 0 Å². The minimum absolute atomic E-state index is 0.124. The molecule has 3 N–H and O–H groups in total. The predicted molar refractivity (Wildman–Crippen MR) is 145 cm³/mol. The van der Waals surface area contributed by atoms with Crippen molar-refractivity contribution in [1.82, 2.24) is 0 Å². The first-order valence-electron chi connectivity index (χ1n) is 13.4. The summed E-state index contributed by atoms with van der Waals surface area (Å²) >= 11 is 0. The fraction of sp³-hybridized carbons (Fsp3) is 0.500. The van der Waals surface area contributed by atoms with Gasteiger partial charge in [-0.1, -0.05) is 49.2 Å². The molecule has 3 aliphatic heterocycles. The molecule has 0 saturated heterocycles. The summed E-state index contributed by atoms with van der Waals surface area (Å²) in [7, 11) is 0. The monoisotopic (exact) mass is 507 g/mol. The van der Waals surface area contributed by atoms with E-state index in [0.717, 1.165) is 45.7 Å². The zero-order chi connectivity index (χ0) is 27.0. The molecule has 0 fully saturated rings. The van der Waals surface area contributed by atoms with Crippen molar-refractivity contribution in [2.24, 2.45) is 5.84 Å². The molecular weight excluding hydrogens is 466 g/mol. The van der Waals surface area contributed by atoms with Crippen LogP contribution < -0.4 is 16.0 Å². The van der Waals surface area contributed by atoms with Gasteiger partial charge in [0.2, 0.25) is 5.69 Å². The van der Waals surface area contributed by atoms with Gasteiger partial charge in [0, 0.05) is 43.4 Å². The standard InChI is InChI=1S/C19H25NO2.C9H12N2.C2H4O2/c1-14-19(2,12-5-3-4-11-17(21)22)16-10-6-8-15-9-7-13-20(14)18(15)16;10-11-7-3-5-8-4-1-2-6-9(8)11;1-2(3)4/h6,8,10H,3-5,7,9,11-13H2,1-2H3;1-2,4,6H,3,5,7,10H2;1H3,(H,3,4). The lowest BCUT2D eigenvalue weighted by atomic mass is 9.75. The molecule has 5 rings (SSSR count). The second kappa shape index (κ2) is 12.9. The number of hydrazine groups is 1. The van der Waals surface area contributed by atoms with Crippen LogP contribution >= 0.6 is 0 Å². The fourth-order valence-corrected chi connectivity index (χ4v) is 5.73. The highest BCUT2D eigenvalue weighted by molar-refractivity contribution is 5.94. The minimum Gasteiger partial charge on any atom is -0.550 e. The number of aliphatic carboxylic acids is 2. The van der Waals surface area contributed by atoms with Crippen LogP contribution in [-0.2, 0) is 27.8 Å². The first kappa shape index (κ1) is 28.4. The molecule has 0 amide bonds. The van der Waals surface area contributed by atoms with Gasteiger partial charge in [0.15, 0.2) is 5.71 Å². The van der Waals surface area contributed by atoms with Gasteiger partial charge in [-0.2, -0.15) is 4.58 Å². The van der Waals surface area contributed by atoms with Crippen LogP contribution in [0, 0.1) is 0 Å². The Morgan fingerprint density at radius 3 is 2.43 bits per heavy atom. The summed E-state index contributed by atoms with van der Waals surface area (Å²) in [6, 6.07) is 15.1. The molecule has 2 aromatic rings. The van der Waals surface area contributed by atoms with E-state index in [0.29, 0.717) is 6.42 Å². The lowest BCUT2D eigenvalue weighted by Gasteiger charge is -2.26. The molecule has 3 heterocycles. The van der Waals surface area contributed by atoms with Gasteiger partial charge >= 0.3 is 5.97 Å². The van der Waals surface area contributed by atoms with Crippen molar-refractivity contribution >= 4 is 29.0 Å². The molecule has 0 spiro atoms. The number of carbonyl (C=O) groups is 2. The molecule has 0 aromatic heterocycles. The van der Waals surface area contributed by atoms with Gasteiger partial charge in [-0.3, -0.25) is 4.79 Å². The molecule has 2 aromatic carbocycles. The molecule has 7 heteroatoms. The number of nitrogens with zero attached hydrogens (tertiary/aromatic N) is 2. The van der Waals surface area contributed by atoms with Crippen LogP contribution in [0.1, 0.15) is 82.4 Å². The van der Waals surface area contributed by atoms with E-state index >= 15 is 0 Å². The summed E-state index contributed by atoms with van der Waals surface area (Å²) in [5, 5.41) is 19.5. The minimum atomic E-state index is -1.08. The molecule has 0 radical (unpaired) electrons. The van der Waals surface area contributed by atoms with Gasteiger partial charge < -0.3 is 20.0 Å². The smallest absolute Gasteiger partial charge is 0.303 e. The first-order chi connectivity index (χ1) is 17.6. The Balaban J connectivity index is 0.000000210. The third kappa shape index (κ3) is 6.98.